The summed E-state index contributed by atoms with van der Waals surface area (Å²) in [6.07, 6.45) is 0.437. The van der Waals surface area contributed by atoms with Crippen LogP contribution in [0.25, 0.3) is 0 Å². The lowest BCUT2D eigenvalue weighted by molar-refractivity contribution is 0.0943. The van der Waals surface area contributed by atoms with Crippen molar-refractivity contribution in [3.8, 4) is 5.75 Å². The summed E-state index contributed by atoms with van der Waals surface area (Å²) >= 11 is 6.06. The van der Waals surface area contributed by atoms with Gasteiger partial charge in [-0.05, 0) is 30.7 Å². The monoisotopic (exact) mass is 488 g/mol. The summed E-state index contributed by atoms with van der Waals surface area (Å²) in [7, 11) is -0.733. The van der Waals surface area contributed by atoms with Crippen LogP contribution >= 0.6 is 11.6 Å². The number of amides is 1. The van der Waals surface area contributed by atoms with Crippen molar-refractivity contribution in [3.05, 3.63) is 75.6 Å². The number of benzene rings is 2. The zero-order valence-electron chi connectivity index (χ0n) is 18.6. The first-order valence-corrected chi connectivity index (χ1v) is 12.2. The molecular formula is C23H25ClN4O4S. The van der Waals surface area contributed by atoms with E-state index >= 15 is 0 Å². The average Bonchev–Trinajstić information content (AvgIpc) is 3.13. The van der Waals surface area contributed by atoms with Gasteiger partial charge in [-0.1, -0.05) is 41.4 Å². The Balaban J connectivity index is 1.60. The summed E-state index contributed by atoms with van der Waals surface area (Å²) in [4.78, 5) is 13.0. The number of carbonyl (C=O) groups excluding carboxylic acids is 1. The van der Waals surface area contributed by atoms with Gasteiger partial charge < -0.3 is 10.1 Å². The molecule has 0 fully saturated rings. The second-order valence-electron chi connectivity index (χ2n) is 7.95. The zero-order valence-corrected chi connectivity index (χ0v) is 20.2. The first-order valence-electron chi connectivity index (χ1n) is 10.4. The minimum absolute atomic E-state index is 0.00436. The number of rotatable bonds is 6. The van der Waals surface area contributed by atoms with Crippen molar-refractivity contribution in [2.24, 2.45) is 7.05 Å². The quantitative estimate of drug-likeness (QED) is 0.575. The van der Waals surface area contributed by atoms with Crippen LogP contribution in [0.5, 0.6) is 5.75 Å². The lowest BCUT2D eigenvalue weighted by Gasteiger charge is -2.27. The normalized spacial score (nSPS) is 14.1. The van der Waals surface area contributed by atoms with Crippen molar-refractivity contribution in [2.45, 2.75) is 31.3 Å². The van der Waals surface area contributed by atoms with Gasteiger partial charge >= 0.3 is 0 Å². The summed E-state index contributed by atoms with van der Waals surface area (Å²) in [6.45, 7) is 2.64. The molecule has 174 valence electrons. The van der Waals surface area contributed by atoms with E-state index in [4.69, 9.17) is 16.3 Å². The number of methoxy groups -OCH3 is 1. The van der Waals surface area contributed by atoms with Crippen LogP contribution in [0.1, 0.15) is 32.9 Å². The molecule has 10 heteroatoms. The van der Waals surface area contributed by atoms with Crippen LogP contribution in [0.15, 0.2) is 47.4 Å². The standard InChI is InChI=1S/C23H25ClN4O4S/c1-15-5-4-6-16(11-15)13-25-23(29)22-18-14-28(10-9-19(18)27(2)26-22)33(30,31)21-12-17(24)7-8-20(21)32-3/h4-8,11-12H,9-10,13-14H2,1-3H3,(H,25,29). The topological polar surface area (TPSA) is 93.5 Å². The molecule has 4 rings (SSSR count). The Labute approximate surface area is 198 Å². The maximum absolute atomic E-state index is 13.4. The van der Waals surface area contributed by atoms with Gasteiger partial charge in [-0.3, -0.25) is 9.48 Å². The van der Waals surface area contributed by atoms with Gasteiger partial charge in [0.2, 0.25) is 10.0 Å². The highest BCUT2D eigenvalue weighted by atomic mass is 35.5. The molecule has 8 nitrogen and oxygen atoms in total. The third-order valence-electron chi connectivity index (χ3n) is 5.70. The third-order valence-corrected chi connectivity index (χ3v) is 7.80. The largest absolute Gasteiger partial charge is 0.495 e. The van der Waals surface area contributed by atoms with Crippen molar-refractivity contribution in [1.82, 2.24) is 19.4 Å². The number of halogens is 1. The van der Waals surface area contributed by atoms with E-state index < -0.39 is 10.0 Å². The average molecular weight is 489 g/mol. The van der Waals surface area contributed by atoms with Crippen LogP contribution in [0.3, 0.4) is 0 Å². The van der Waals surface area contributed by atoms with E-state index in [2.05, 4.69) is 10.4 Å². The van der Waals surface area contributed by atoms with Crippen molar-refractivity contribution < 1.29 is 17.9 Å². The van der Waals surface area contributed by atoms with Crippen LogP contribution < -0.4 is 10.1 Å². The molecule has 0 aliphatic carbocycles. The van der Waals surface area contributed by atoms with Crippen LogP contribution in [-0.2, 0) is 36.6 Å². The van der Waals surface area contributed by atoms with Gasteiger partial charge in [-0.15, -0.1) is 0 Å². The van der Waals surface area contributed by atoms with Crippen LogP contribution in [0, 0.1) is 6.92 Å². The lowest BCUT2D eigenvalue weighted by atomic mass is 10.1. The number of sulfonamides is 1. The van der Waals surface area contributed by atoms with Crippen LogP contribution in [0.2, 0.25) is 5.02 Å². The van der Waals surface area contributed by atoms with E-state index in [1.165, 1.54) is 23.5 Å². The molecule has 1 aromatic heterocycles. The zero-order chi connectivity index (χ0) is 23.8. The number of hydrogen-bond donors (Lipinski definition) is 1. The predicted octanol–water partition coefficient (Wildman–Crippen LogP) is 3.07. The maximum Gasteiger partial charge on any atom is 0.272 e. The molecule has 33 heavy (non-hydrogen) atoms. The second kappa shape index (κ2) is 9.17. The molecule has 0 spiro atoms. The number of hydrogen-bond acceptors (Lipinski definition) is 5. The molecule has 2 heterocycles. The molecule has 1 amide bonds. The number of nitrogens with one attached hydrogen (secondary N) is 1. The highest BCUT2D eigenvalue weighted by Gasteiger charge is 2.35. The number of aromatic nitrogens is 2. The Hall–Kier alpha value is -2.88. The van der Waals surface area contributed by atoms with E-state index in [0.29, 0.717) is 23.6 Å². The van der Waals surface area contributed by atoms with E-state index in [0.717, 1.165) is 16.8 Å². The van der Waals surface area contributed by atoms with Gasteiger partial charge in [0.1, 0.15) is 10.6 Å². The number of ether oxygens (including phenoxy) is 1. The summed E-state index contributed by atoms with van der Waals surface area (Å²) in [5, 5.41) is 7.59. The lowest BCUT2D eigenvalue weighted by Crippen LogP contribution is -2.37. The van der Waals surface area contributed by atoms with Crippen LogP contribution in [-0.4, -0.2) is 42.1 Å². The first-order chi connectivity index (χ1) is 15.7. The summed E-state index contributed by atoms with van der Waals surface area (Å²) in [5.41, 5.74) is 3.77. The molecule has 0 saturated carbocycles. The van der Waals surface area contributed by atoms with Crippen molar-refractivity contribution >= 4 is 27.5 Å². The molecule has 0 unspecified atom stereocenters. The highest BCUT2D eigenvalue weighted by Crippen LogP contribution is 2.33. The van der Waals surface area contributed by atoms with Crippen molar-refractivity contribution in [2.75, 3.05) is 13.7 Å². The molecule has 1 N–H and O–H groups in total. The number of aryl methyl sites for hydroxylation is 2. The minimum atomic E-state index is -3.91. The number of carbonyl (C=O) groups is 1. The fraction of sp³-hybridized carbons (Fsp3) is 0.304. The molecule has 1 aliphatic rings. The van der Waals surface area contributed by atoms with Gasteiger partial charge in [-0.25, -0.2) is 8.42 Å². The molecule has 0 radical (unpaired) electrons. The van der Waals surface area contributed by atoms with Gasteiger partial charge in [0, 0.05) is 49.4 Å². The van der Waals surface area contributed by atoms with Gasteiger partial charge in [-0.2, -0.15) is 9.40 Å². The Morgan fingerprint density at radius 1 is 1.24 bits per heavy atom. The molecular weight excluding hydrogens is 464 g/mol. The number of nitrogens with zero attached hydrogens (tertiary/aromatic N) is 3. The van der Waals surface area contributed by atoms with E-state index in [9.17, 15) is 13.2 Å². The first kappa shape index (κ1) is 23.3. The molecule has 0 bridgehead atoms. The summed E-state index contributed by atoms with van der Waals surface area (Å²) < 4.78 is 35.1. The molecule has 2 aromatic carbocycles. The molecule has 0 atom stereocenters. The van der Waals surface area contributed by atoms with Crippen LogP contribution in [0.4, 0.5) is 0 Å². The summed E-state index contributed by atoms with van der Waals surface area (Å²) in [5.74, 6) is -0.125. The van der Waals surface area contributed by atoms with Crippen molar-refractivity contribution in [1.29, 1.82) is 0 Å². The highest BCUT2D eigenvalue weighted by molar-refractivity contribution is 7.89. The smallest absolute Gasteiger partial charge is 0.272 e. The Kier molecular flexibility index (Phi) is 6.47. The Bertz CT molecular complexity index is 1320. The second-order valence-corrected chi connectivity index (χ2v) is 10.3. The predicted molar refractivity (Wildman–Crippen MR) is 125 cm³/mol. The molecule has 1 aliphatic heterocycles. The Morgan fingerprint density at radius 2 is 2.03 bits per heavy atom. The van der Waals surface area contributed by atoms with Gasteiger partial charge in [0.05, 0.1) is 7.11 Å². The number of fused-ring (bicyclic) bond motifs is 1. The van der Waals surface area contributed by atoms with Gasteiger partial charge in [0.25, 0.3) is 5.91 Å². The SMILES string of the molecule is COc1ccc(Cl)cc1S(=O)(=O)N1CCc2c(c(C(=O)NCc3cccc(C)c3)nn2C)C1. The van der Waals surface area contributed by atoms with E-state index in [1.54, 1.807) is 17.8 Å². The Morgan fingerprint density at radius 3 is 2.76 bits per heavy atom. The molecule has 0 saturated heterocycles. The fourth-order valence-electron chi connectivity index (χ4n) is 4.03. The van der Waals surface area contributed by atoms with Crippen molar-refractivity contribution in [3.63, 3.8) is 0 Å². The van der Waals surface area contributed by atoms with Gasteiger partial charge in [0.15, 0.2) is 5.69 Å². The fourth-order valence-corrected chi connectivity index (χ4v) is 5.86. The van der Waals surface area contributed by atoms with E-state index in [-0.39, 0.29) is 35.3 Å². The minimum Gasteiger partial charge on any atom is -0.495 e. The summed E-state index contributed by atoms with van der Waals surface area (Å²) in [6, 6.07) is 12.3. The van der Waals surface area contributed by atoms with E-state index in [1.807, 2.05) is 31.2 Å². The molecule has 3 aromatic rings. The third kappa shape index (κ3) is 4.62. The maximum atomic E-state index is 13.4.